The highest BCUT2D eigenvalue weighted by atomic mass is 35.5. The maximum Gasteiger partial charge on any atom is 0.195 e. The Balaban J connectivity index is 0.000000141. The van der Waals surface area contributed by atoms with Gasteiger partial charge in [-0.3, -0.25) is 0 Å². The van der Waals surface area contributed by atoms with E-state index >= 15 is 0 Å². The summed E-state index contributed by atoms with van der Waals surface area (Å²) < 4.78 is 145. The molecule has 0 nitrogen and oxygen atoms in total. The molecule has 0 fully saturated rings. The molecule has 0 atom stereocenters. The number of rotatable bonds is 0. The summed E-state index contributed by atoms with van der Waals surface area (Å²) in [6, 6.07) is 54.6. The third-order valence-corrected chi connectivity index (χ3v) is 16.2. The van der Waals surface area contributed by atoms with E-state index < -0.39 is 56.9 Å². The fourth-order valence-corrected chi connectivity index (χ4v) is 11.0. The summed E-state index contributed by atoms with van der Waals surface area (Å²) >= 11 is 33.9. The SMILES string of the molecule is Cc1cc(F)c2c(F)c(Cl)ccc2c1.Cc1cc(F)c2c(F)c(F)c(F)cc2c1.Cc1cc(F)c2cc(Cl)ccc2c1.Cc1ccc2c(F)c(Cl)c(F)cc2c1.Cc1ccc2c(F)c(Cl)ccc2c1.Cc1ccc2cc(Cl)c(F)cc2c1.Cc1ccc2cc(Cl)ccc2c1. The lowest BCUT2D eigenvalue weighted by molar-refractivity contribution is 0.451. The predicted molar refractivity (Wildman–Crippen MR) is 370 cm³/mol. The van der Waals surface area contributed by atoms with Crippen LogP contribution in [0.4, 0.5) is 48.3 Å². The summed E-state index contributed by atoms with van der Waals surface area (Å²) in [6.45, 7) is 13.1. The van der Waals surface area contributed by atoms with E-state index in [9.17, 15) is 48.3 Å². The van der Waals surface area contributed by atoms with Gasteiger partial charge in [-0.2, -0.15) is 0 Å². The molecule has 0 aromatic heterocycles. The number of hydrogen-bond donors (Lipinski definition) is 0. The molecule has 0 unspecified atom stereocenters. The van der Waals surface area contributed by atoms with Crippen LogP contribution < -0.4 is 0 Å². The summed E-state index contributed by atoms with van der Waals surface area (Å²) in [5.74, 6) is -8.92. The van der Waals surface area contributed by atoms with Crippen LogP contribution in [0.15, 0.2) is 194 Å². The van der Waals surface area contributed by atoms with Gasteiger partial charge in [-0.1, -0.05) is 207 Å². The van der Waals surface area contributed by atoms with Crippen LogP contribution in [0.5, 0.6) is 0 Å². The molecule has 0 aliphatic heterocycles. The molecule has 0 radical (unpaired) electrons. The molecule has 0 amide bonds. The Morgan fingerprint density at radius 3 is 1.19 bits per heavy atom. The molecule has 14 aromatic carbocycles. The Bertz CT molecular complexity index is 5110. The van der Waals surface area contributed by atoms with Crippen molar-refractivity contribution in [1.29, 1.82) is 0 Å². The molecule has 0 aliphatic carbocycles. The van der Waals surface area contributed by atoms with Gasteiger partial charge in [0.1, 0.15) is 39.9 Å². The fourth-order valence-electron chi connectivity index (χ4n) is 9.95. The molecule has 17 heteroatoms. The molecular weight excluding hydrogens is 1350 g/mol. The van der Waals surface area contributed by atoms with Crippen LogP contribution in [0.1, 0.15) is 38.9 Å². The zero-order valence-electron chi connectivity index (χ0n) is 50.9. The first-order valence-corrected chi connectivity index (χ1v) is 30.8. The maximum absolute atomic E-state index is 13.4. The highest BCUT2D eigenvalue weighted by Gasteiger charge is 2.18. The average Bonchev–Trinajstić information content (AvgIpc) is 0.820. The van der Waals surface area contributed by atoms with Crippen LogP contribution in [-0.4, -0.2) is 0 Å². The first-order valence-electron chi connectivity index (χ1n) is 28.5. The summed E-state index contributed by atoms with van der Waals surface area (Å²) in [5, 5.41) is 9.35. The van der Waals surface area contributed by atoms with E-state index in [0.29, 0.717) is 37.5 Å². The first-order chi connectivity index (χ1) is 44.5. The summed E-state index contributed by atoms with van der Waals surface area (Å²) in [7, 11) is 0. The maximum atomic E-state index is 13.4. The van der Waals surface area contributed by atoms with Gasteiger partial charge >= 0.3 is 0 Å². The smallest absolute Gasteiger partial charge is 0.195 e. The molecule has 0 bridgehead atoms. The van der Waals surface area contributed by atoms with Crippen LogP contribution in [0.2, 0.25) is 30.1 Å². The molecule has 0 saturated carbocycles. The van der Waals surface area contributed by atoms with Gasteiger partial charge in [0.05, 0.1) is 25.8 Å². The molecule has 0 heterocycles. The number of fused-ring (bicyclic) bond motifs is 7. The van der Waals surface area contributed by atoms with Gasteiger partial charge in [0.15, 0.2) is 29.1 Å². The zero-order valence-corrected chi connectivity index (χ0v) is 55.4. The summed E-state index contributed by atoms with van der Waals surface area (Å²) in [6.07, 6.45) is 0. The lowest BCUT2D eigenvalue weighted by Gasteiger charge is -2.04. The highest BCUT2D eigenvalue weighted by Crippen LogP contribution is 2.32. The van der Waals surface area contributed by atoms with Gasteiger partial charge < -0.3 is 0 Å². The minimum Gasteiger partial charge on any atom is -0.206 e. The van der Waals surface area contributed by atoms with Gasteiger partial charge in [0.25, 0.3) is 0 Å². The summed E-state index contributed by atoms with van der Waals surface area (Å²) in [5.41, 5.74) is 6.68. The number of benzene rings is 14. The largest absolute Gasteiger partial charge is 0.206 e. The van der Waals surface area contributed by atoms with Crippen LogP contribution in [-0.2, 0) is 0 Å². The molecule has 0 aliphatic rings. The van der Waals surface area contributed by atoms with Crippen molar-refractivity contribution < 1.29 is 48.3 Å². The minimum absolute atomic E-state index is 0.0175. The Morgan fingerprint density at radius 2 is 0.585 bits per heavy atom. The minimum atomic E-state index is -1.65. The molecular formula is C77H53Cl6F11. The molecule has 14 rings (SSSR count). The van der Waals surface area contributed by atoms with E-state index in [0.717, 1.165) is 66.5 Å². The Kier molecular flexibility index (Phi) is 24.0. The van der Waals surface area contributed by atoms with Gasteiger partial charge in [0, 0.05) is 26.2 Å². The third-order valence-electron chi connectivity index (χ3n) is 14.5. The van der Waals surface area contributed by atoms with Crippen LogP contribution in [0.25, 0.3) is 75.4 Å². The van der Waals surface area contributed by atoms with E-state index in [1.54, 1.807) is 74.5 Å². The van der Waals surface area contributed by atoms with Crippen LogP contribution in [0, 0.1) is 112 Å². The van der Waals surface area contributed by atoms with Crippen LogP contribution in [0.3, 0.4) is 0 Å². The van der Waals surface area contributed by atoms with Crippen molar-refractivity contribution in [3.05, 3.63) is 327 Å². The van der Waals surface area contributed by atoms with Gasteiger partial charge in [0.2, 0.25) is 0 Å². The first kappa shape index (κ1) is 71.7. The average molecular weight is 1400 g/mol. The lowest BCUT2D eigenvalue weighted by atomic mass is 10.1. The third kappa shape index (κ3) is 17.8. The van der Waals surface area contributed by atoms with E-state index in [1.165, 1.54) is 52.7 Å². The zero-order chi connectivity index (χ0) is 68.6. The Labute approximate surface area is 565 Å². The van der Waals surface area contributed by atoms with Crippen molar-refractivity contribution in [3.8, 4) is 0 Å². The Hall–Kier alpha value is -8.13. The number of hydrogen-bond acceptors (Lipinski definition) is 0. The molecule has 480 valence electrons. The standard InChI is InChI=1S/2C11H7ClF2.3C11H8ClF.C11H9Cl.C11H6F4/c1-6-4-7-2-3-8(12)11(14)10(7)9(13)5-6;1-6-2-3-8-7(4-6)5-9(13)10(12)11(8)14;1-7-2-4-9-8(6-7)3-5-10(12)11(9)13;1-7-4-8-2-3-9(12)6-10(8)11(13)5-7;1-7-2-3-8-5-10(12)11(13)6-9(8)4-7;1-8-2-3-10-7-11(12)5-4-9(10)6-8;1-5-2-6-4-8(13)10(14)11(15)9(6)7(12)3-5/h2*2-5H,1H3;3*2-6H,1H3;2-7H,1H3;2-4H,1H3. The molecule has 14 aromatic rings. The van der Waals surface area contributed by atoms with Gasteiger partial charge in [-0.15, -0.1) is 0 Å². The van der Waals surface area contributed by atoms with Gasteiger partial charge in [-0.05, 0) is 192 Å². The van der Waals surface area contributed by atoms with Crippen LogP contribution >= 0.6 is 69.6 Å². The molecule has 0 N–H and O–H groups in total. The van der Waals surface area contributed by atoms with Crippen molar-refractivity contribution in [2.75, 3.05) is 0 Å². The van der Waals surface area contributed by atoms with Crippen molar-refractivity contribution in [2.45, 2.75) is 48.5 Å². The van der Waals surface area contributed by atoms with E-state index in [2.05, 4.69) is 25.1 Å². The van der Waals surface area contributed by atoms with Crippen molar-refractivity contribution in [3.63, 3.8) is 0 Å². The van der Waals surface area contributed by atoms with Gasteiger partial charge in [-0.25, -0.2) is 48.3 Å². The second-order valence-electron chi connectivity index (χ2n) is 22.1. The predicted octanol–water partition coefficient (Wildman–Crippen LogP) is 27.5. The fraction of sp³-hybridized carbons (Fsp3) is 0.0909. The van der Waals surface area contributed by atoms with Crippen molar-refractivity contribution in [2.24, 2.45) is 0 Å². The quantitative estimate of drug-likeness (QED) is 0.105. The lowest BCUT2D eigenvalue weighted by Crippen LogP contribution is -1.95. The van der Waals surface area contributed by atoms with Crippen molar-refractivity contribution in [1.82, 2.24) is 0 Å². The Morgan fingerprint density at radius 1 is 0.202 bits per heavy atom. The monoisotopic (exact) mass is 1400 g/mol. The number of aryl methyl sites for hydroxylation is 7. The second kappa shape index (κ2) is 31.4. The van der Waals surface area contributed by atoms with Crippen molar-refractivity contribution >= 4 is 145 Å². The summed E-state index contributed by atoms with van der Waals surface area (Å²) in [4.78, 5) is 0. The topological polar surface area (TPSA) is 0 Å². The van der Waals surface area contributed by atoms with E-state index in [-0.39, 0.29) is 43.3 Å². The van der Waals surface area contributed by atoms with E-state index in [1.807, 2.05) is 94.4 Å². The normalized spacial score (nSPS) is 10.8. The molecule has 94 heavy (non-hydrogen) atoms. The second-order valence-corrected chi connectivity index (χ2v) is 24.5. The van der Waals surface area contributed by atoms with E-state index in [4.69, 9.17) is 69.6 Å². The highest BCUT2D eigenvalue weighted by molar-refractivity contribution is 6.33. The molecule has 0 spiro atoms. The molecule has 0 saturated heterocycles. The number of halogens is 17.